The average molecular weight is 358 g/mol. The molecule has 25 heavy (non-hydrogen) atoms. The van der Waals surface area contributed by atoms with E-state index in [0.717, 1.165) is 13.1 Å². The highest BCUT2D eigenvalue weighted by Crippen LogP contribution is 2.39. The molecule has 1 N–H and O–H groups in total. The predicted molar refractivity (Wildman–Crippen MR) is 101 cm³/mol. The molecule has 2 aromatic rings. The van der Waals surface area contributed by atoms with Crippen molar-refractivity contribution in [3.8, 4) is 0 Å². The Morgan fingerprint density at radius 1 is 1.12 bits per heavy atom. The van der Waals surface area contributed by atoms with Gasteiger partial charge in [0.1, 0.15) is 0 Å². The lowest BCUT2D eigenvalue weighted by Gasteiger charge is -2.27. The number of nitrogens with zero attached hydrogens (tertiary/aromatic N) is 2. The van der Waals surface area contributed by atoms with Gasteiger partial charge in [-0.15, -0.1) is 0 Å². The molecule has 1 aliphatic heterocycles. The minimum absolute atomic E-state index is 0.0868. The van der Waals surface area contributed by atoms with Gasteiger partial charge in [-0.3, -0.25) is 19.4 Å². The van der Waals surface area contributed by atoms with Crippen molar-refractivity contribution in [1.82, 2.24) is 4.90 Å². The molecule has 1 heterocycles. The van der Waals surface area contributed by atoms with E-state index in [0.29, 0.717) is 27.6 Å². The second-order valence-electron chi connectivity index (χ2n) is 5.82. The van der Waals surface area contributed by atoms with Crippen LogP contribution in [0.25, 0.3) is 0 Å². The van der Waals surface area contributed by atoms with Gasteiger partial charge in [0.15, 0.2) is 0 Å². The zero-order valence-corrected chi connectivity index (χ0v) is 15.0. The Bertz CT molecular complexity index is 818. The van der Waals surface area contributed by atoms with E-state index in [9.17, 15) is 9.59 Å². The van der Waals surface area contributed by atoms with Crippen LogP contribution < -0.4 is 10.2 Å². The molecule has 5 nitrogen and oxygen atoms in total. The number of para-hydroxylation sites is 1. The number of benzene rings is 2. The van der Waals surface area contributed by atoms with E-state index in [1.165, 1.54) is 0 Å². The van der Waals surface area contributed by atoms with Crippen molar-refractivity contribution in [2.24, 2.45) is 0 Å². The molecule has 0 aliphatic carbocycles. The Labute approximate surface area is 152 Å². The molecule has 2 amide bonds. The summed E-state index contributed by atoms with van der Waals surface area (Å²) in [5, 5.41) is 3.36. The highest BCUT2D eigenvalue weighted by Gasteiger charge is 2.29. The number of nitrogens with one attached hydrogen (secondary N) is 1. The summed E-state index contributed by atoms with van der Waals surface area (Å²) in [6.07, 6.45) is 0. The van der Waals surface area contributed by atoms with E-state index in [1.807, 2.05) is 24.8 Å². The third kappa shape index (κ3) is 3.38. The van der Waals surface area contributed by atoms with Crippen molar-refractivity contribution in [3.05, 3.63) is 53.1 Å². The van der Waals surface area contributed by atoms with Crippen LogP contribution in [0.3, 0.4) is 0 Å². The lowest BCUT2D eigenvalue weighted by Crippen LogP contribution is -2.38. The van der Waals surface area contributed by atoms with Gasteiger partial charge in [0, 0.05) is 5.02 Å². The summed E-state index contributed by atoms with van der Waals surface area (Å²) in [6.45, 7) is 5.88. The van der Waals surface area contributed by atoms with Gasteiger partial charge in [-0.25, -0.2) is 0 Å². The van der Waals surface area contributed by atoms with Crippen LogP contribution in [-0.2, 0) is 4.79 Å². The van der Waals surface area contributed by atoms with Gasteiger partial charge < -0.3 is 5.32 Å². The first-order valence-electron chi connectivity index (χ1n) is 8.30. The fraction of sp³-hybridized carbons (Fsp3) is 0.263. The SMILES string of the molecule is CCN(CC)CC(=O)N1c2ccc(Cl)cc2NC(=O)c2ccccc21. The fourth-order valence-electron chi connectivity index (χ4n) is 2.96. The number of likely N-dealkylation sites (N-methyl/N-ethyl adjacent to an activating group) is 1. The maximum Gasteiger partial charge on any atom is 0.257 e. The molecule has 0 saturated carbocycles. The first kappa shape index (κ1) is 17.5. The van der Waals surface area contributed by atoms with Crippen LogP contribution in [0.2, 0.25) is 5.02 Å². The minimum atomic E-state index is -0.253. The molecule has 0 atom stereocenters. The normalized spacial score (nSPS) is 13.1. The molecule has 2 aromatic carbocycles. The first-order valence-corrected chi connectivity index (χ1v) is 8.68. The van der Waals surface area contributed by atoms with Crippen LogP contribution in [0.5, 0.6) is 0 Å². The van der Waals surface area contributed by atoms with Gasteiger partial charge in [-0.1, -0.05) is 37.6 Å². The monoisotopic (exact) mass is 357 g/mol. The topological polar surface area (TPSA) is 52.7 Å². The summed E-state index contributed by atoms with van der Waals surface area (Å²) in [5.41, 5.74) is 2.20. The minimum Gasteiger partial charge on any atom is -0.320 e. The van der Waals surface area contributed by atoms with Crippen LogP contribution in [0.15, 0.2) is 42.5 Å². The Hall–Kier alpha value is -2.37. The Kier molecular flexibility index (Phi) is 5.06. The average Bonchev–Trinajstić information content (AvgIpc) is 2.73. The lowest BCUT2D eigenvalue weighted by molar-refractivity contribution is -0.118. The van der Waals surface area contributed by atoms with Crippen LogP contribution in [0.1, 0.15) is 24.2 Å². The fourth-order valence-corrected chi connectivity index (χ4v) is 3.13. The van der Waals surface area contributed by atoms with E-state index >= 15 is 0 Å². The first-order chi connectivity index (χ1) is 12.0. The predicted octanol–water partition coefficient (Wildman–Crippen LogP) is 3.91. The van der Waals surface area contributed by atoms with E-state index in [1.54, 1.807) is 41.3 Å². The molecular formula is C19H20ClN3O2. The summed E-state index contributed by atoms with van der Waals surface area (Å²) in [7, 11) is 0. The summed E-state index contributed by atoms with van der Waals surface area (Å²) in [6, 6.07) is 12.3. The number of rotatable bonds is 4. The molecule has 130 valence electrons. The number of hydrogen-bond donors (Lipinski definition) is 1. The molecule has 6 heteroatoms. The third-order valence-corrected chi connectivity index (χ3v) is 4.58. The number of halogens is 1. The lowest BCUT2D eigenvalue weighted by atomic mass is 10.1. The van der Waals surface area contributed by atoms with Crippen molar-refractivity contribution in [2.45, 2.75) is 13.8 Å². The Balaban J connectivity index is 2.13. The number of anilines is 3. The Morgan fingerprint density at radius 3 is 2.56 bits per heavy atom. The van der Waals surface area contributed by atoms with Crippen LogP contribution >= 0.6 is 11.6 Å². The second-order valence-corrected chi connectivity index (χ2v) is 6.26. The van der Waals surface area contributed by atoms with E-state index in [-0.39, 0.29) is 18.4 Å². The van der Waals surface area contributed by atoms with Gasteiger partial charge >= 0.3 is 0 Å². The van der Waals surface area contributed by atoms with Crippen LogP contribution in [0.4, 0.5) is 17.1 Å². The summed E-state index contributed by atoms with van der Waals surface area (Å²) < 4.78 is 0. The van der Waals surface area contributed by atoms with Gasteiger partial charge in [-0.2, -0.15) is 0 Å². The molecule has 0 unspecified atom stereocenters. The number of fused-ring (bicyclic) bond motifs is 2. The van der Waals surface area contributed by atoms with E-state index in [2.05, 4.69) is 5.32 Å². The van der Waals surface area contributed by atoms with Crippen molar-refractivity contribution in [3.63, 3.8) is 0 Å². The zero-order chi connectivity index (χ0) is 18.0. The second kappa shape index (κ2) is 7.25. The number of carbonyl (C=O) groups is 2. The van der Waals surface area contributed by atoms with E-state index in [4.69, 9.17) is 11.6 Å². The quantitative estimate of drug-likeness (QED) is 0.902. The van der Waals surface area contributed by atoms with Gasteiger partial charge in [-0.05, 0) is 43.4 Å². The zero-order valence-electron chi connectivity index (χ0n) is 14.3. The smallest absolute Gasteiger partial charge is 0.257 e. The molecule has 0 radical (unpaired) electrons. The molecule has 0 bridgehead atoms. The summed E-state index contributed by atoms with van der Waals surface area (Å²) in [5.74, 6) is -0.339. The molecule has 3 rings (SSSR count). The van der Waals surface area contributed by atoms with Crippen molar-refractivity contribution >= 4 is 40.5 Å². The maximum absolute atomic E-state index is 13.1. The number of carbonyl (C=O) groups excluding carboxylic acids is 2. The molecule has 0 aromatic heterocycles. The Morgan fingerprint density at radius 2 is 1.84 bits per heavy atom. The van der Waals surface area contributed by atoms with Crippen molar-refractivity contribution in [1.29, 1.82) is 0 Å². The van der Waals surface area contributed by atoms with Crippen molar-refractivity contribution < 1.29 is 9.59 Å². The van der Waals surface area contributed by atoms with Gasteiger partial charge in [0.25, 0.3) is 5.91 Å². The highest BCUT2D eigenvalue weighted by atomic mass is 35.5. The van der Waals surface area contributed by atoms with Gasteiger partial charge in [0.2, 0.25) is 5.91 Å². The summed E-state index contributed by atoms with van der Waals surface area (Å²) >= 11 is 6.08. The highest BCUT2D eigenvalue weighted by molar-refractivity contribution is 6.31. The van der Waals surface area contributed by atoms with Crippen LogP contribution in [0, 0.1) is 0 Å². The molecule has 0 spiro atoms. The third-order valence-electron chi connectivity index (χ3n) is 4.34. The summed E-state index contributed by atoms with van der Waals surface area (Å²) in [4.78, 5) is 29.3. The molecule has 0 fully saturated rings. The number of amides is 2. The molecule has 0 saturated heterocycles. The maximum atomic E-state index is 13.1. The molecule has 1 aliphatic rings. The molecular weight excluding hydrogens is 338 g/mol. The van der Waals surface area contributed by atoms with Crippen LogP contribution in [-0.4, -0.2) is 36.3 Å². The van der Waals surface area contributed by atoms with Crippen molar-refractivity contribution in [2.75, 3.05) is 29.9 Å². The van der Waals surface area contributed by atoms with Gasteiger partial charge in [0.05, 0.1) is 29.2 Å². The number of hydrogen-bond acceptors (Lipinski definition) is 3. The largest absolute Gasteiger partial charge is 0.320 e. The standard InChI is InChI=1S/C19H20ClN3O2/c1-3-22(4-2)12-18(24)23-16-8-6-5-7-14(16)19(25)21-15-11-13(20)9-10-17(15)23/h5-11H,3-4,12H2,1-2H3,(H,21,25). The van der Waals surface area contributed by atoms with E-state index < -0.39 is 0 Å².